The van der Waals surface area contributed by atoms with E-state index in [0.29, 0.717) is 11.5 Å². The van der Waals surface area contributed by atoms with Crippen LogP contribution in [0.4, 0.5) is 18.9 Å². The normalized spacial score (nSPS) is 13.9. The van der Waals surface area contributed by atoms with Gasteiger partial charge in [-0.3, -0.25) is 0 Å². The first kappa shape index (κ1) is 23.7. The van der Waals surface area contributed by atoms with Gasteiger partial charge in [-0.1, -0.05) is 6.07 Å². The third kappa shape index (κ3) is 6.76. The van der Waals surface area contributed by atoms with Crippen LogP contribution >= 0.6 is 0 Å². The topological polar surface area (TPSA) is 54.3 Å². The van der Waals surface area contributed by atoms with Gasteiger partial charge in [-0.15, -0.1) is 0 Å². The van der Waals surface area contributed by atoms with Crippen molar-refractivity contribution in [2.24, 2.45) is 9.36 Å². The van der Waals surface area contributed by atoms with E-state index < -0.39 is 22.5 Å². The number of halogens is 3. The maximum absolute atomic E-state index is 12.6. The molecule has 0 saturated carbocycles. The monoisotopic (exact) mass is 441 g/mol. The van der Waals surface area contributed by atoms with Gasteiger partial charge in [0.1, 0.15) is 18.0 Å². The zero-order valence-corrected chi connectivity index (χ0v) is 18.5. The Balaban J connectivity index is 2.29. The molecule has 2 aromatic carbocycles. The van der Waals surface area contributed by atoms with Crippen LogP contribution in [0.2, 0.25) is 0 Å². The van der Waals surface area contributed by atoms with Crippen molar-refractivity contribution in [3.8, 4) is 11.5 Å². The summed E-state index contributed by atoms with van der Waals surface area (Å²) in [6, 6.07) is 9.92. The van der Waals surface area contributed by atoms with Gasteiger partial charge in [0.15, 0.2) is 0 Å². The molecule has 0 N–H and O–H groups in total. The van der Waals surface area contributed by atoms with Crippen LogP contribution in [0.3, 0.4) is 0 Å². The van der Waals surface area contributed by atoms with Gasteiger partial charge < -0.3 is 9.64 Å². The first-order chi connectivity index (χ1) is 13.9. The molecule has 0 heterocycles. The second-order valence-electron chi connectivity index (χ2n) is 7.00. The first-order valence-electron chi connectivity index (χ1n) is 9.29. The average molecular weight is 442 g/mol. The quantitative estimate of drug-likeness (QED) is 0.408. The lowest BCUT2D eigenvalue weighted by molar-refractivity contribution is -0.117. The van der Waals surface area contributed by atoms with Crippen molar-refractivity contribution in [2.45, 2.75) is 31.8 Å². The number of hydrogen-bond acceptors (Lipinski definition) is 4. The number of aliphatic imine (C=N–C) groups is 1. The first-order valence-corrected chi connectivity index (χ1v) is 11.2. The lowest BCUT2D eigenvalue weighted by Crippen LogP contribution is -2.14. The SMILES string of the molecule is CCN(C)/C=N\c1cc(C)c(Oc2cccc(S(C)(=O)=NCC(F)(F)F)c2)cc1C. The second kappa shape index (κ2) is 9.51. The molecule has 0 fully saturated rings. The molecule has 0 radical (unpaired) electrons. The highest BCUT2D eigenvalue weighted by Crippen LogP contribution is 2.32. The Labute approximate surface area is 175 Å². The van der Waals surface area contributed by atoms with E-state index in [1.165, 1.54) is 18.4 Å². The predicted molar refractivity (Wildman–Crippen MR) is 115 cm³/mol. The maximum atomic E-state index is 12.6. The molecule has 30 heavy (non-hydrogen) atoms. The lowest BCUT2D eigenvalue weighted by atomic mass is 10.1. The largest absolute Gasteiger partial charge is 0.457 e. The highest BCUT2D eigenvalue weighted by atomic mass is 32.2. The van der Waals surface area contributed by atoms with E-state index in [9.17, 15) is 17.4 Å². The lowest BCUT2D eigenvalue weighted by Gasteiger charge is -2.14. The fraction of sp³-hybridized carbons (Fsp3) is 0.381. The summed E-state index contributed by atoms with van der Waals surface area (Å²) in [6.07, 6.45) is -1.56. The van der Waals surface area contributed by atoms with Crippen LogP contribution in [0.1, 0.15) is 18.1 Å². The van der Waals surface area contributed by atoms with E-state index >= 15 is 0 Å². The van der Waals surface area contributed by atoms with Crippen LogP contribution in [0.25, 0.3) is 0 Å². The maximum Gasteiger partial charge on any atom is 0.408 e. The van der Waals surface area contributed by atoms with Gasteiger partial charge in [0, 0.05) is 19.8 Å². The van der Waals surface area contributed by atoms with E-state index in [2.05, 4.69) is 9.36 Å². The highest BCUT2D eigenvalue weighted by Gasteiger charge is 2.27. The summed E-state index contributed by atoms with van der Waals surface area (Å²) in [7, 11) is -1.27. The molecule has 0 spiro atoms. The molecule has 0 aliphatic heterocycles. The summed E-state index contributed by atoms with van der Waals surface area (Å²) >= 11 is 0. The third-order valence-corrected chi connectivity index (χ3v) is 6.10. The molecule has 9 heteroatoms. The standard InChI is InChI=1S/C21H26F3N3O2S/c1-6-27(4)14-25-19-10-16(3)20(11-15(19)2)29-17-8-7-9-18(12-17)30(5,28)26-13-21(22,23)24/h7-12,14H,6,13H2,1-5H3/b25-14-. The Bertz CT molecular complexity index is 1040. The summed E-state index contributed by atoms with van der Waals surface area (Å²) in [5.41, 5.74) is 2.57. The van der Waals surface area contributed by atoms with E-state index in [1.54, 1.807) is 18.5 Å². The molecule has 164 valence electrons. The van der Waals surface area contributed by atoms with Crippen molar-refractivity contribution in [3.05, 3.63) is 47.5 Å². The van der Waals surface area contributed by atoms with Crippen LogP contribution in [-0.2, 0) is 9.73 Å². The van der Waals surface area contributed by atoms with Crippen molar-refractivity contribution in [2.75, 3.05) is 26.4 Å². The molecule has 1 atom stereocenters. The Morgan fingerprint density at radius 3 is 2.50 bits per heavy atom. The van der Waals surface area contributed by atoms with Crippen LogP contribution < -0.4 is 4.74 Å². The molecule has 2 rings (SSSR count). The van der Waals surface area contributed by atoms with Gasteiger partial charge in [0.2, 0.25) is 0 Å². The molecule has 0 bridgehead atoms. The second-order valence-corrected chi connectivity index (χ2v) is 9.34. The van der Waals surface area contributed by atoms with Gasteiger partial charge in [-0.05, 0) is 62.2 Å². The highest BCUT2D eigenvalue weighted by molar-refractivity contribution is 7.93. The fourth-order valence-electron chi connectivity index (χ4n) is 2.44. The molecule has 0 aromatic heterocycles. The summed E-state index contributed by atoms with van der Waals surface area (Å²) in [4.78, 5) is 6.61. The molecule has 0 aliphatic carbocycles. The van der Waals surface area contributed by atoms with Crippen LogP contribution in [0.15, 0.2) is 50.6 Å². The summed E-state index contributed by atoms with van der Waals surface area (Å²) in [6.45, 7) is 5.20. The predicted octanol–water partition coefficient (Wildman–Crippen LogP) is 5.73. The Morgan fingerprint density at radius 1 is 1.17 bits per heavy atom. The van der Waals surface area contributed by atoms with Gasteiger partial charge in [0.25, 0.3) is 0 Å². The van der Waals surface area contributed by atoms with E-state index in [-0.39, 0.29) is 4.90 Å². The molecule has 2 aromatic rings. The Kier molecular flexibility index (Phi) is 7.52. The molecule has 0 amide bonds. The fourth-order valence-corrected chi connectivity index (χ4v) is 3.64. The van der Waals surface area contributed by atoms with Gasteiger partial charge in [0.05, 0.1) is 26.7 Å². The smallest absolute Gasteiger partial charge is 0.408 e. The average Bonchev–Trinajstić information content (AvgIpc) is 2.67. The van der Waals surface area contributed by atoms with Gasteiger partial charge >= 0.3 is 6.18 Å². The van der Waals surface area contributed by atoms with Crippen molar-refractivity contribution < 1.29 is 22.1 Å². The minimum atomic E-state index is -4.50. The van der Waals surface area contributed by atoms with Crippen molar-refractivity contribution in [3.63, 3.8) is 0 Å². The van der Waals surface area contributed by atoms with Gasteiger partial charge in [-0.25, -0.2) is 13.6 Å². The van der Waals surface area contributed by atoms with Gasteiger partial charge in [-0.2, -0.15) is 13.2 Å². The molecule has 5 nitrogen and oxygen atoms in total. The minimum Gasteiger partial charge on any atom is -0.457 e. The van der Waals surface area contributed by atoms with Crippen LogP contribution in [-0.4, -0.2) is 48.0 Å². The van der Waals surface area contributed by atoms with Crippen molar-refractivity contribution in [1.82, 2.24) is 4.90 Å². The van der Waals surface area contributed by atoms with E-state index in [1.807, 2.05) is 44.9 Å². The minimum absolute atomic E-state index is 0.183. The van der Waals surface area contributed by atoms with Crippen molar-refractivity contribution in [1.29, 1.82) is 0 Å². The molecular formula is C21H26F3N3O2S. The third-order valence-electron chi connectivity index (χ3n) is 4.35. The number of aryl methyl sites for hydroxylation is 2. The number of nitrogens with zero attached hydrogens (tertiary/aromatic N) is 3. The molecule has 0 aliphatic rings. The number of alkyl halides is 3. The molecule has 1 unspecified atom stereocenters. The number of hydrogen-bond donors (Lipinski definition) is 0. The zero-order valence-electron chi connectivity index (χ0n) is 17.7. The van der Waals surface area contributed by atoms with E-state index in [4.69, 9.17) is 4.74 Å². The zero-order chi connectivity index (χ0) is 22.5. The number of rotatable bonds is 7. The summed E-state index contributed by atoms with van der Waals surface area (Å²) in [5.74, 6) is 0.955. The summed E-state index contributed by atoms with van der Waals surface area (Å²) in [5, 5.41) is 0. The molecular weight excluding hydrogens is 415 g/mol. The Morgan fingerprint density at radius 2 is 1.87 bits per heavy atom. The van der Waals surface area contributed by atoms with Crippen molar-refractivity contribution >= 4 is 21.8 Å². The molecule has 0 saturated heterocycles. The van der Waals surface area contributed by atoms with Crippen LogP contribution in [0.5, 0.6) is 11.5 Å². The Hall–Kier alpha value is -2.55. The summed E-state index contributed by atoms with van der Waals surface area (Å²) < 4.78 is 59.2. The number of ether oxygens (including phenoxy) is 1. The van der Waals surface area contributed by atoms with Crippen LogP contribution in [0, 0.1) is 13.8 Å². The number of benzene rings is 2. The van der Waals surface area contributed by atoms with E-state index in [0.717, 1.165) is 23.4 Å².